The van der Waals surface area contributed by atoms with Gasteiger partial charge in [0, 0.05) is 28.6 Å². The van der Waals surface area contributed by atoms with Gasteiger partial charge in [-0.1, -0.05) is 24.4 Å². The summed E-state index contributed by atoms with van der Waals surface area (Å²) in [6.45, 7) is 0. The average molecular weight is 477 g/mol. The second-order valence-corrected chi connectivity index (χ2v) is 8.87. The maximum Gasteiger partial charge on any atom is 0.262 e. The summed E-state index contributed by atoms with van der Waals surface area (Å²) in [6, 6.07) is 8.76. The summed E-state index contributed by atoms with van der Waals surface area (Å²) in [6.07, 6.45) is 9.87. The molecule has 1 aliphatic carbocycles. The summed E-state index contributed by atoms with van der Waals surface area (Å²) in [7, 11) is 3.40. The fraction of sp³-hybridized carbons (Fsp3) is 0.292. The SMILES string of the molecule is COc1cc([C@H](CC2CC2)n2cc(-c3ncnn3C)cn2)[n+](O)cc1-c1cc(Cl)ccc1C#N. The van der Waals surface area contributed by atoms with E-state index in [2.05, 4.69) is 21.3 Å². The van der Waals surface area contributed by atoms with Gasteiger partial charge in [-0.2, -0.15) is 15.5 Å². The lowest BCUT2D eigenvalue weighted by molar-refractivity contribution is -0.910. The third kappa shape index (κ3) is 4.08. The Hall–Kier alpha value is -3.90. The number of aromatic nitrogens is 6. The summed E-state index contributed by atoms with van der Waals surface area (Å²) < 4.78 is 10.3. The molecule has 172 valence electrons. The fourth-order valence-corrected chi connectivity index (χ4v) is 4.38. The summed E-state index contributed by atoms with van der Waals surface area (Å²) in [5.41, 5.74) is 3.05. The van der Waals surface area contributed by atoms with Crippen molar-refractivity contribution in [2.75, 3.05) is 7.11 Å². The van der Waals surface area contributed by atoms with Gasteiger partial charge in [0.2, 0.25) is 6.20 Å². The van der Waals surface area contributed by atoms with Crippen LogP contribution in [-0.4, -0.2) is 36.9 Å². The van der Waals surface area contributed by atoms with Crippen molar-refractivity contribution >= 4 is 11.6 Å². The minimum Gasteiger partial charge on any atom is -0.496 e. The lowest BCUT2D eigenvalue weighted by atomic mass is 9.99. The summed E-state index contributed by atoms with van der Waals surface area (Å²) in [5, 5.41) is 29.9. The van der Waals surface area contributed by atoms with Crippen LogP contribution in [0.5, 0.6) is 5.75 Å². The fourth-order valence-electron chi connectivity index (χ4n) is 4.21. The molecule has 0 spiro atoms. The highest BCUT2D eigenvalue weighted by atomic mass is 35.5. The standard InChI is InChI=1S/C24H23ClN7O2/c1-30-24(27-14-29-30)17-11-28-31(12-17)21(7-15-3-4-15)22-9-23(34-2)20(13-32(22)33)19-8-18(25)6-5-16(19)10-26/h5-6,8-9,11-15,21,33H,3-4,7H2,1-2H3/q+1/t21-/m0/s1. The lowest BCUT2D eigenvalue weighted by Gasteiger charge is -2.16. The molecule has 0 amide bonds. The predicted molar refractivity (Wildman–Crippen MR) is 123 cm³/mol. The summed E-state index contributed by atoms with van der Waals surface area (Å²) in [5.74, 6) is 1.81. The van der Waals surface area contributed by atoms with Crippen LogP contribution in [-0.2, 0) is 7.05 Å². The first-order chi connectivity index (χ1) is 16.5. The highest BCUT2D eigenvalue weighted by molar-refractivity contribution is 6.31. The van der Waals surface area contributed by atoms with Crippen molar-refractivity contribution in [1.82, 2.24) is 24.5 Å². The minimum absolute atomic E-state index is 0.225. The van der Waals surface area contributed by atoms with Crippen molar-refractivity contribution in [3.8, 4) is 34.3 Å². The molecule has 0 saturated heterocycles. The van der Waals surface area contributed by atoms with Crippen molar-refractivity contribution < 1.29 is 14.7 Å². The highest BCUT2D eigenvalue weighted by Crippen LogP contribution is 2.40. The zero-order valence-corrected chi connectivity index (χ0v) is 19.5. The Bertz CT molecular complexity index is 1400. The number of rotatable bonds is 7. The van der Waals surface area contributed by atoms with Crippen molar-refractivity contribution in [2.45, 2.75) is 25.3 Å². The van der Waals surface area contributed by atoms with Crippen LogP contribution in [0.1, 0.15) is 36.6 Å². The van der Waals surface area contributed by atoms with E-state index in [-0.39, 0.29) is 6.04 Å². The van der Waals surface area contributed by atoms with Gasteiger partial charge in [-0.3, -0.25) is 9.89 Å². The molecule has 4 aromatic rings. The molecule has 0 bridgehead atoms. The molecular formula is C24H23ClN7O2+. The molecule has 1 aliphatic rings. The second-order valence-electron chi connectivity index (χ2n) is 8.44. The Morgan fingerprint density at radius 3 is 2.79 bits per heavy atom. The smallest absolute Gasteiger partial charge is 0.262 e. The van der Waals surface area contributed by atoms with Gasteiger partial charge in [0.1, 0.15) is 18.1 Å². The second kappa shape index (κ2) is 8.80. The molecule has 5 rings (SSSR count). The first kappa shape index (κ1) is 21.9. The Morgan fingerprint density at radius 2 is 2.12 bits per heavy atom. The molecular weight excluding hydrogens is 454 g/mol. The van der Waals surface area contributed by atoms with E-state index in [4.69, 9.17) is 16.3 Å². The number of hydrogen-bond donors (Lipinski definition) is 1. The van der Waals surface area contributed by atoms with Gasteiger partial charge in [0.05, 0.1) is 42.1 Å². The number of nitrogens with zero attached hydrogens (tertiary/aromatic N) is 7. The number of methoxy groups -OCH3 is 1. The largest absolute Gasteiger partial charge is 0.496 e. The molecule has 1 atom stereocenters. The third-order valence-electron chi connectivity index (χ3n) is 6.16. The molecule has 1 N–H and O–H groups in total. The zero-order valence-electron chi connectivity index (χ0n) is 18.8. The van der Waals surface area contributed by atoms with Crippen molar-refractivity contribution in [2.24, 2.45) is 13.0 Å². The van der Waals surface area contributed by atoms with Crippen LogP contribution in [0.2, 0.25) is 5.02 Å². The number of pyridine rings is 1. The molecule has 1 aromatic carbocycles. The molecule has 10 heteroatoms. The molecule has 1 fully saturated rings. The quantitative estimate of drug-likeness (QED) is 0.321. The topological polar surface area (TPSA) is 106 Å². The van der Waals surface area contributed by atoms with E-state index in [0.717, 1.165) is 29.6 Å². The molecule has 34 heavy (non-hydrogen) atoms. The van der Waals surface area contributed by atoms with Crippen molar-refractivity contribution in [3.63, 3.8) is 0 Å². The van der Waals surface area contributed by atoms with Gasteiger partial charge in [0.25, 0.3) is 5.69 Å². The van der Waals surface area contributed by atoms with Crippen LogP contribution in [0.25, 0.3) is 22.5 Å². The normalized spacial score (nSPS) is 14.1. The van der Waals surface area contributed by atoms with E-state index < -0.39 is 0 Å². The van der Waals surface area contributed by atoms with Gasteiger partial charge < -0.3 is 4.74 Å². The van der Waals surface area contributed by atoms with Gasteiger partial charge in [-0.15, -0.1) is 0 Å². The number of hydrogen-bond acceptors (Lipinski definition) is 6. The Kier molecular flexibility index (Phi) is 5.67. The van der Waals surface area contributed by atoms with E-state index in [1.165, 1.54) is 6.33 Å². The molecule has 1 saturated carbocycles. The third-order valence-corrected chi connectivity index (χ3v) is 6.39. The average Bonchev–Trinajstić information content (AvgIpc) is 3.35. The highest BCUT2D eigenvalue weighted by Gasteiger charge is 2.35. The number of aryl methyl sites for hydroxylation is 1. The lowest BCUT2D eigenvalue weighted by Crippen LogP contribution is -2.38. The van der Waals surface area contributed by atoms with Gasteiger partial charge in [-0.25, -0.2) is 9.67 Å². The van der Waals surface area contributed by atoms with E-state index in [1.54, 1.807) is 48.5 Å². The van der Waals surface area contributed by atoms with Gasteiger partial charge >= 0.3 is 0 Å². The van der Waals surface area contributed by atoms with Crippen LogP contribution >= 0.6 is 11.6 Å². The number of benzene rings is 1. The Morgan fingerprint density at radius 1 is 1.29 bits per heavy atom. The predicted octanol–water partition coefficient (Wildman–Crippen LogP) is 3.79. The minimum atomic E-state index is -0.225. The van der Waals surface area contributed by atoms with E-state index in [1.807, 2.05) is 17.9 Å². The molecule has 0 radical (unpaired) electrons. The Labute approximate surface area is 201 Å². The molecule has 3 heterocycles. The maximum atomic E-state index is 11.1. The summed E-state index contributed by atoms with van der Waals surface area (Å²) in [4.78, 5) is 4.31. The van der Waals surface area contributed by atoms with Crippen LogP contribution in [0.3, 0.4) is 0 Å². The first-order valence-corrected chi connectivity index (χ1v) is 11.3. The molecule has 0 aliphatic heterocycles. The van der Waals surface area contributed by atoms with Crippen LogP contribution < -0.4 is 9.47 Å². The van der Waals surface area contributed by atoms with E-state index >= 15 is 0 Å². The zero-order chi connectivity index (χ0) is 23.8. The van der Waals surface area contributed by atoms with Gasteiger partial charge in [0.15, 0.2) is 5.82 Å². The van der Waals surface area contributed by atoms with Crippen LogP contribution in [0.15, 0.2) is 49.2 Å². The van der Waals surface area contributed by atoms with Crippen molar-refractivity contribution in [3.05, 3.63) is 65.5 Å². The molecule has 9 nitrogen and oxygen atoms in total. The number of halogens is 1. The Balaban J connectivity index is 1.60. The van der Waals surface area contributed by atoms with E-state index in [9.17, 15) is 10.5 Å². The maximum absolute atomic E-state index is 11.1. The number of nitriles is 1. The van der Waals surface area contributed by atoms with Crippen LogP contribution in [0.4, 0.5) is 0 Å². The number of ether oxygens (including phenoxy) is 1. The summed E-state index contributed by atoms with van der Waals surface area (Å²) >= 11 is 6.20. The molecule has 0 unspecified atom stereocenters. The van der Waals surface area contributed by atoms with Crippen molar-refractivity contribution in [1.29, 1.82) is 5.26 Å². The van der Waals surface area contributed by atoms with E-state index in [0.29, 0.717) is 44.9 Å². The van der Waals surface area contributed by atoms with Crippen LogP contribution in [0, 0.1) is 17.2 Å². The molecule has 3 aromatic heterocycles. The first-order valence-electron chi connectivity index (χ1n) is 10.9. The monoisotopic (exact) mass is 476 g/mol. The van der Waals surface area contributed by atoms with Gasteiger partial charge in [-0.05, 0) is 30.5 Å².